The Bertz CT molecular complexity index is 266. The molecule has 0 saturated carbocycles. The van der Waals surface area contributed by atoms with Gasteiger partial charge in [0, 0.05) is 6.20 Å². The number of halogens is 2. The monoisotopic (exact) mass is 220 g/mol. The molecule has 0 aliphatic carbocycles. The first-order valence-electron chi connectivity index (χ1n) is 2.37. The van der Waals surface area contributed by atoms with Crippen LogP contribution in [0, 0.1) is 0 Å². The van der Waals surface area contributed by atoms with Gasteiger partial charge in [0.1, 0.15) is 12.0 Å². The summed E-state index contributed by atoms with van der Waals surface area (Å²) in [6.45, 7) is 0. The molecule has 0 amide bonds. The minimum Gasteiger partial charge on any atom is -0.274 e. The molecule has 10 heavy (non-hydrogen) atoms. The highest BCUT2D eigenvalue weighted by molar-refractivity contribution is 9.10. The summed E-state index contributed by atoms with van der Waals surface area (Å²) >= 11 is 8.22. The van der Waals surface area contributed by atoms with Crippen LogP contribution in [0.25, 0.3) is 0 Å². The minimum absolute atomic E-state index is 0.191. The zero-order valence-electron chi connectivity index (χ0n) is 4.71. The van der Waals surface area contributed by atoms with E-state index >= 15 is 0 Å². The van der Waals surface area contributed by atoms with Gasteiger partial charge in [0.15, 0.2) is 0 Å². The number of carbonyl (C=O) groups excluding carboxylic acids is 1. The Morgan fingerprint density at radius 2 is 2.40 bits per heavy atom. The molecule has 1 heterocycles. The topological polar surface area (TPSA) is 42.9 Å². The van der Waals surface area contributed by atoms with Gasteiger partial charge >= 0.3 is 0 Å². The van der Waals surface area contributed by atoms with Crippen LogP contribution in [0.3, 0.4) is 0 Å². The van der Waals surface area contributed by atoms with Crippen molar-refractivity contribution in [1.29, 1.82) is 0 Å². The number of carbonyl (C=O) groups is 1. The second-order valence-electron chi connectivity index (χ2n) is 1.49. The van der Waals surface area contributed by atoms with E-state index < -0.39 is 5.24 Å². The molecule has 3 nitrogen and oxygen atoms in total. The predicted octanol–water partition coefficient (Wildman–Crippen LogP) is 1.62. The Hall–Kier alpha value is -0.480. The highest BCUT2D eigenvalue weighted by Gasteiger charge is 2.06. The summed E-state index contributed by atoms with van der Waals surface area (Å²) in [4.78, 5) is 17.8. The molecule has 0 unspecified atom stereocenters. The van der Waals surface area contributed by atoms with Crippen LogP contribution in [0.2, 0.25) is 0 Å². The first-order valence-corrected chi connectivity index (χ1v) is 3.54. The highest BCUT2D eigenvalue weighted by atomic mass is 79.9. The van der Waals surface area contributed by atoms with Gasteiger partial charge in [-0.2, -0.15) is 0 Å². The Morgan fingerprint density at radius 1 is 1.70 bits per heavy atom. The first-order chi connectivity index (χ1) is 4.72. The average molecular weight is 221 g/mol. The molecule has 5 heteroatoms. The maximum atomic E-state index is 10.5. The zero-order valence-corrected chi connectivity index (χ0v) is 7.06. The third-order valence-corrected chi connectivity index (χ3v) is 1.61. The van der Waals surface area contributed by atoms with Crippen LogP contribution in [-0.2, 0) is 0 Å². The van der Waals surface area contributed by atoms with E-state index in [1.807, 2.05) is 0 Å². The van der Waals surface area contributed by atoms with Crippen LogP contribution in [-0.4, -0.2) is 15.2 Å². The maximum Gasteiger partial charge on any atom is 0.272 e. The van der Waals surface area contributed by atoms with Crippen LogP contribution >= 0.6 is 27.5 Å². The quantitative estimate of drug-likeness (QED) is 0.677. The molecule has 0 N–H and O–H groups in total. The van der Waals surface area contributed by atoms with Gasteiger partial charge in [-0.25, -0.2) is 9.97 Å². The normalized spacial score (nSPS) is 9.40. The van der Waals surface area contributed by atoms with Gasteiger partial charge in [0.2, 0.25) is 0 Å². The van der Waals surface area contributed by atoms with Crippen molar-refractivity contribution in [3.63, 3.8) is 0 Å². The molecule has 0 atom stereocenters. The van der Waals surface area contributed by atoms with Gasteiger partial charge in [-0.05, 0) is 27.5 Å². The summed E-state index contributed by atoms with van der Waals surface area (Å²) in [5.41, 5.74) is 0.191. The van der Waals surface area contributed by atoms with Crippen molar-refractivity contribution in [2.75, 3.05) is 0 Å². The first kappa shape index (κ1) is 7.63. The number of nitrogens with zero attached hydrogens (tertiary/aromatic N) is 2. The van der Waals surface area contributed by atoms with E-state index in [2.05, 4.69) is 25.9 Å². The third kappa shape index (κ3) is 1.52. The van der Waals surface area contributed by atoms with Crippen molar-refractivity contribution in [2.24, 2.45) is 0 Å². The van der Waals surface area contributed by atoms with Crippen molar-refractivity contribution >= 4 is 32.8 Å². The summed E-state index contributed by atoms with van der Waals surface area (Å²) in [5, 5.41) is -0.589. The predicted molar refractivity (Wildman–Crippen MR) is 39.9 cm³/mol. The smallest absolute Gasteiger partial charge is 0.272 e. The summed E-state index contributed by atoms with van der Waals surface area (Å²) in [6, 6.07) is 0. The molecule has 0 saturated heterocycles. The van der Waals surface area contributed by atoms with Crippen LogP contribution in [0.4, 0.5) is 0 Å². The molecule has 1 aromatic heterocycles. The number of rotatable bonds is 1. The Labute approximate surface area is 70.6 Å². The lowest BCUT2D eigenvalue weighted by atomic mass is 10.4. The van der Waals surface area contributed by atoms with E-state index in [9.17, 15) is 4.79 Å². The number of aromatic nitrogens is 2. The molecular formula is C5H2BrClN2O. The molecule has 0 spiro atoms. The maximum absolute atomic E-state index is 10.5. The van der Waals surface area contributed by atoms with E-state index in [1.165, 1.54) is 12.5 Å². The van der Waals surface area contributed by atoms with Crippen molar-refractivity contribution in [3.05, 3.63) is 22.7 Å². The average Bonchev–Trinajstić information content (AvgIpc) is 1.88. The number of hydrogen-bond acceptors (Lipinski definition) is 3. The van der Waals surface area contributed by atoms with Crippen molar-refractivity contribution in [3.8, 4) is 0 Å². The third-order valence-electron chi connectivity index (χ3n) is 0.854. The largest absolute Gasteiger partial charge is 0.274 e. The molecule has 0 aliphatic heterocycles. The summed E-state index contributed by atoms with van der Waals surface area (Å²) in [5.74, 6) is 0. The zero-order chi connectivity index (χ0) is 7.56. The summed E-state index contributed by atoms with van der Waals surface area (Å²) < 4.78 is 0.509. The second-order valence-corrected chi connectivity index (χ2v) is 2.69. The lowest BCUT2D eigenvalue weighted by molar-refractivity contribution is 0.107. The van der Waals surface area contributed by atoms with Crippen LogP contribution in [0.5, 0.6) is 0 Å². The van der Waals surface area contributed by atoms with Crippen molar-refractivity contribution in [2.45, 2.75) is 0 Å². The van der Waals surface area contributed by atoms with E-state index in [-0.39, 0.29) is 5.69 Å². The summed E-state index contributed by atoms with van der Waals surface area (Å²) in [6.07, 6.45) is 2.73. The van der Waals surface area contributed by atoms with Gasteiger partial charge in [-0.1, -0.05) is 0 Å². The molecule has 1 aromatic rings. The summed E-state index contributed by atoms with van der Waals surface area (Å²) in [7, 11) is 0. The lowest BCUT2D eigenvalue weighted by Crippen LogP contribution is -1.95. The van der Waals surface area contributed by atoms with E-state index in [4.69, 9.17) is 11.6 Å². The number of hydrogen-bond donors (Lipinski definition) is 0. The Kier molecular flexibility index (Phi) is 2.34. The fourth-order valence-corrected chi connectivity index (χ4v) is 1.12. The highest BCUT2D eigenvalue weighted by Crippen LogP contribution is 2.13. The Balaban J connectivity index is 3.15. The fourth-order valence-electron chi connectivity index (χ4n) is 0.457. The molecule has 0 aromatic carbocycles. The van der Waals surface area contributed by atoms with E-state index in [0.717, 1.165) is 0 Å². The van der Waals surface area contributed by atoms with Crippen molar-refractivity contribution < 1.29 is 4.79 Å². The van der Waals surface area contributed by atoms with Crippen LogP contribution in [0.1, 0.15) is 10.5 Å². The molecule has 0 bridgehead atoms. The van der Waals surface area contributed by atoms with Gasteiger partial charge in [0.05, 0.1) is 4.47 Å². The minimum atomic E-state index is -0.589. The van der Waals surface area contributed by atoms with Gasteiger partial charge in [0.25, 0.3) is 5.24 Å². The second kappa shape index (κ2) is 3.07. The molecule has 0 radical (unpaired) electrons. The molecule has 1 rings (SSSR count). The van der Waals surface area contributed by atoms with E-state index in [1.54, 1.807) is 0 Å². The van der Waals surface area contributed by atoms with Crippen LogP contribution in [0.15, 0.2) is 17.0 Å². The Morgan fingerprint density at radius 3 is 2.80 bits per heavy atom. The lowest BCUT2D eigenvalue weighted by Gasteiger charge is -1.92. The molecule has 52 valence electrons. The molecule has 0 aliphatic rings. The standard InChI is InChI=1S/C5H2BrClN2O/c6-3-1-8-2-9-4(3)5(7)10/h1-2H. The van der Waals surface area contributed by atoms with Crippen molar-refractivity contribution in [1.82, 2.24) is 9.97 Å². The van der Waals surface area contributed by atoms with Gasteiger partial charge < -0.3 is 0 Å². The van der Waals surface area contributed by atoms with E-state index in [0.29, 0.717) is 4.47 Å². The SMILES string of the molecule is O=C(Cl)c1ncncc1Br. The molecular weight excluding hydrogens is 219 g/mol. The fraction of sp³-hybridized carbons (Fsp3) is 0. The van der Waals surface area contributed by atoms with Crippen LogP contribution < -0.4 is 0 Å². The molecule has 0 fully saturated rings. The van der Waals surface area contributed by atoms with Gasteiger partial charge in [-0.3, -0.25) is 4.79 Å². The van der Waals surface area contributed by atoms with Gasteiger partial charge in [-0.15, -0.1) is 0 Å².